The van der Waals surface area contributed by atoms with Crippen LogP contribution >= 0.6 is 23.4 Å². The van der Waals surface area contributed by atoms with E-state index >= 15 is 0 Å². The molecule has 0 aliphatic rings. The monoisotopic (exact) mass is 449 g/mol. The largest absolute Gasteiger partial charge is 0.383 e. The summed E-state index contributed by atoms with van der Waals surface area (Å²) in [5.74, 6) is 0.144. The fourth-order valence-electron chi connectivity index (χ4n) is 2.74. The number of nitrogens with one attached hydrogen (secondary N) is 1. The van der Waals surface area contributed by atoms with E-state index in [4.69, 9.17) is 16.3 Å². The molecule has 0 atom stereocenters. The molecule has 2 heterocycles. The van der Waals surface area contributed by atoms with E-state index in [2.05, 4.69) is 15.3 Å². The van der Waals surface area contributed by atoms with Gasteiger partial charge < -0.3 is 10.1 Å². The number of carbonyl (C=O) groups is 1. The zero-order chi connectivity index (χ0) is 21.8. The Labute approximate surface area is 181 Å². The molecule has 0 saturated carbocycles. The third kappa shape index (κ3) is 4.55. The van der Waals surface area contributed by atoms with Crippen molar-refractivity contribution in [2.75, 3.05) is 26.0 Å². The van der Waals surface area contributed by atoms with E-state index in [0.29, 0.717) is 34.6 Å². The molecule has 30 heavy (non-hydrogen) atoms. The SMILES string of the molecule is COCCNC(=O)CSc1nc(-c2ccc(Cl)cc2)nc2c1c(=O)n(C)c(=O)n2C. The number of amides is 1. The summed E-state index contributed by atoms with van der Waals surface area (Å²) in [6.07, 6.45) is 0. The molecule has 2 aromatic heterocycles. The molecule has 3 rings (SSSR count). The first-order chi connectivity index (χ1) is 14.3. The van der Waals surface area contributed by atoms with Gasteiger partial charge in [0.05, 0.1) is 12.4 Å². The molecule has 3 aromatic rings. The molecule has 1 amide bonds. The maximum Gasteiger partial charge on any atom is 0.332 e. The lowest BCUT2D eigenvalue weighted by Crippen LogP contribution is -2.37. The maximum absolute atomic E-state index is 12.8. The number of aryl methyl sites for hydroxylation is 1. The number of methoxy groups -OCH3 is 1. The van der Waals surface area contributed by atoms with Crippen molar-refractivity contribution in [3.63, 3.8) is 0 Å². The van der Waals surface area contributed by atoms with Gasteiger partial charge >= 0.3 is 5.69 Å². The van der Waals surface area contributed by atoms with E-state index in [0.717, 1.165) is 16.3 Å². The van der Waals surface area contributed by atoms with E-state index in [1.807, 2.05) is 0 Å². The predicted octanol–water partition coefficient (Wildman–Crippen LogP) is 1.20. The van der Waals surface area contributed by atoms with Crippen LogP contribution in [-0.2, 0) is 23.6 Å². The van der Waals surface area contributed by atoms with Gasteiger partial charge in [0.25, 0.3) is 5.56 Å². The summed E-state index contributed by atoms with van der Waals surface area (Å²) in [6.45, 7) is 0.781. The van der Waals surface area contributed by atoms with Crippen LogP contribution in [0.1, 0.15) is 0 Å². The first-order valence-electron chi connectivity index (χ1n) is 8.95. The second kappa shape index (κ2) is 9.41. The van der Waals surface area contributed by atoms with Crippen LogP contribution in [0.3, 0.4) is 0 Å². The average Bonchev–Trinajstić information content (AvgIpc) is 2.74. The van der Waals surface area contributed by atoms with Gasteiger partial charge in [-0.3, -0.25) is 18.7 Å². The van der Waals surface area contributed by atoms with E-state index in [-0.39, 0.29) is 22.7 Å². The molecule has 0 unspecified atom stereocenters. The Balaban J connectivity index is 2.10. The first-order valence-corrected chi connectivity index (χ1v) is 10.3. The van der Waals surface area contributed by atoms with Crippen LogP contribution in [-0.4, -0.2) is 51.0 Å². The quantitative estimate of drug-likeness (QED) is 0.328. The van der Waals surface area contributed by atoms with Crippen molar-refractivity contribution >= 4 is 40.3 Å². The van der Waals surface area contributed by atoms with Gasteiger partial charge in [0.2, 0.25) is 5.91 Å². The molecule has 158 valence electrons. The Morgan fingerprint density at radius 2 is 1.87 bits per heavy atom. The topological polar surface area (TPSA) is 108 Å². The van der Waals surface area contributed by atoms with E-state index in [1.165, 1.54) is 18.7 Å². The van der Waals surface area contributed by atoms with Crippen LogP contribution in [0.15, 0.2) is 38.9 Å². The minimum Gasteiger partial charge on any atom is -0.383 e. The van der Waals surface area contributed by atoms with E-state index in [1.54, 1.807) is 31.4 Å². The van der Waals surface area contributed by atoms with Crippen LogP contribution in [0.5, 0.6) is 0 Å². The normalized spacial score (nSPS) is 11.1. The molecule has 0 fully saturated rings. The average molecular weight is 450 g/mol. The number of halogens is 1. The van der Waals surface area contributed by atoms with Crippen LogP contribution in [0.25, 0.3) is 22.4 Å². The Hall–Kier alpha value is -2.69. The van der Waals surface area contributed by atoms with E-state index in [9.17, 15) is 14.4 Å². The lowest BCUT2D eigenvalue weighted by atomic mass is 10.2. The third-order valence-corrected chi connectivity index (χ3v) is 5.56. The number of aromatic nitrogens is 4. The fourth-order valence-corrected chi connectivity index (χ4v) is 3.71. The number of nitrogens with zero attached hydrogens (tertiary/aromatic N) is 4. The van der Waals surface area contributed by atoms with E-state index < -0.39 is 11.2 Å². The van der Waals surface area contributed by atoms with Gasteiger partial charge in [-0.05, 0) is 24.3 Å². The number of thioether (sulfide) groups is 1. The highest BCUT2D eigenvalue weighted by Gasteiger charge is 2.19. The van der Waals surface area contributed by atoms with Crippen molar-refractivity contribution < 1.29 is 9.53 Å². The number of benzene rings is 1. The van der Waals surface area contributed by atoms with Crippen molar-refractivity contribution in [3.8, 4) is 11.4 Å². The van der Waals surface area contributed by atoms with Gasteiger partial charge in [0.15, 0.2) is 11.5 Å². The third-order valence-electron chi connectivity index (χ3n) is 4.34. The highest BCUT2D eigenvalue weighted by Crippen LogP contribution is 2.26. The smallest absolute Gasteiger partial charge is 0.332 e. The zero-order valence-corrected chi connectivity index (χ0v) is 18.2. The van der Waals surface area contributed by atoms with Gasteiger partial charge in [-0.1, -0.05) is 23.4 Å². The molecule has 11 heteroatoms. The van der Waals surface area contributed by atoms with Crippen LogP contribution in [0, 0.1) is 0 Å². The predicted molar refractivity (Wildman–Crippen MR) is 116 cm³/mol. The summed E-state index contributed by atoms with van der Waals surface area (Å²) in [5.41, 5.74) is -0.147. The van der Waals surface area contributed by atoms with Crippen molar-refractivity contribution in [2.45, 2.75) is 5.03 Å². The molecule has 0 aliphatic carbocycles. The number of hydrogen-bond acceptors (Lipinski definition) is 7. The zero-order valence-electron chi connectivity index (χ0n) is 16.6. The maximum atomic E-state index is 12.8. The summed E-state index contributed by atoms with van der Waals surface area (Å²) in [4.78, 5) is 46.3. The number of ether oxygens (including phenoxy) is 1. The van der Waals surface area contributed by atoms with Gasteiger partial charge in [-0.25, -0.2) is 14.8 Å². The summed E-state index contributed by atoms with van der Waals surface area (Å²) < 4.78 is 7.20. The Bertz CT molecular complexity index is 1210. The van der Waals surface area contributed by atoms with Crippen LogP contribution < -0.4 is 16.6 Å². The molecule has 0 spiro atoms. The highest BCUT2D eigenvalue weighted by atomic mass is 35.5. The van der Waals surface area contributed by atoms with Crippen molar-refractivity contribution in [1.82, 2.24) is 24.4 Å². The number of carbonyl (C=O) groups excluding carboxylic acids is 1. The van der Waals surface area contributed by atoms with Crippen molar-refractivity contribution in [3.05, 3.63) is 50.1 Å². The standard InChI is InChI=1S/C19H20ClN5O4S/c1-24-16-14(18(27)25(2)19(24)28)17(30-10-13(26)21-8-9-29-3)23-15(22-16)11-4-6-12(20)7-5-11/h4-7H,8-10H2,1-3H3,(H,21,26). The molecule has 0 radical (unpaired) electrons. The molecule has 0 bridgehead atoms. The molecular weight excluding hydrogens is 430 g/mol. The molecule has 1 N–H and O–H groups in total. The van der Waals surface area contributed by atoms with Crippen molar-refractivity contribution in [1.29, 1.82) is 0 Å². The van der Waals surface area contributed by atoms with Crippen LogP contribution in [0.2, 0.25) is 5.02 Å². The molecule has 0 saturated heterocycles. The summed E-state index contributed by atoms with van der Waals surface area (Å²) >= 11 is 7.07. The first kappa shape index (κ1) is 22.0. The minimum absolute atomic E-state index is 0.0435. The molecule has 9 nitrogen and oxygen atoms in total. The van der Waals surface area contributed by atoms with Gasteiger partial charge in [-0.15, -0.1) is 0 Å². The summed E-state index contributed by atoms with van der Waals surface area (Å²) in [6, 6.07) is 6.89. The second-order valence-electron chi connectivity index (χ2n) is 6.40. The Kier molecular flexibility index (Phi) is 6.91. The molecule has 0 aliphatic heterocycles. The minimum atomic E-state index is -0.516. The Morgan fingerprint density at radius 3 is 2.53 bits per heavy atom. The molecule has 1 aromatic carbocycles. The van der Waals surface area contributed by atoms with Gasteiger partial charge in [-0.2, -0.15) is 0 Å². The fraction of sp³-hybridized carbons (Fsp3) is 0.316. The van der Waals surface area contributed by atoms with Crippen LogP contribution in [0.4, 0.5) is 0 Å². The highest BCUT2D eigenvalue weighted by molar-refractivity contribution is 8.00. The Morgan fingerprint density at radius 1 is 1.17 bits per heavy atom. The summed E-state index contributed by atoms with van der Waals surface area (Å²) in [7, 11) is 4.48. The lowest BCUT2D eigenvalue weighted by molar-refractivity contribution is -0.118. The molecular formula is C19H20ClN5O4S. The second-order valence-corrected chi connectivity index (χ2v) is 7.80. The van der Waals surface area contributed by atoms with Gasteiger partial charge in [0.1, 0.15) is 10.4 Å². The number of fused-ring (bicyclic) bond motifs is 1. The van der Waals surface area contributed by atoms with Crippen molar-refractivity contribution in [2.24, 2.45) is 14.1 Å². The number of hydrogen-bond donors (Lipinski definition) is 1. The lowest BCUT2D eigenvalue weighted by Gasteiger charge is -2.12. The van der Waals surface area contributed by atoms with Gasteiger partial charge in [0, 0.05) is 38.3 Å². The number of rotatable bonds is 7. The summed E-state index contributed by atoms with van der Waals surface area (Å²) in [5, 5.41) is 3.79.